The van der Waals surface area contributed by atoms with Gasteiger partial charge in [0.25, 0.3) is 0 Å². The molecule has 20 heavy (non-hydrogen) atoms. The largest absolute Gasteiger partial charge is 0.481 e. The number of hydrogen-bond donors (Lipinski definition) is 8. The second-order valence-electron chi connectivity index (χ2n) is 2.57. The van der Waals surface area contributed by atoms with Crippen LogP contribution in [0.5, 0.6) is 0 Å². The summed E-state index contributed by atoms with van der Waals surface area (Å²) in [7, 11) is 0. The summed E-state index contributed by atoms with van der Waals surface area (Å²) in [6.07, 6.45) is -1.23. The number of aliphatic carboxylic acids is 3. The molecular weight excluding hydrogens is 316 g/mol. The molecule has 0 fully saturated rings. The molecule has 0 bridgehead atoms. The molecular formula is C9H20O9S2. The molecule has 0 spiro atoms. The number of carboxylic acid groups (broad SMARTS) is 3. The van der Waals surface area contributed by atoms with Crippen LogP contribution in [0.1, 0.15) is 6.92 Å². The van der Waals surface area contributed by atoms with Crippen LogP contribution in [0, 0.1) is 0 Å². The molecule has 0 radical (unpaired) electrons. The van der Waals surface area contributed by atoms with Gasteiger partial charge in [0.1, 0.15) is 6.10 Å². The Morgan fingerprint density at radius 1 is 0.900 bits per heavy atom. The Kier molecular flexibility index (Phi) is 31.6. The molecule has 0 aromatic carbocycles. The van der Waals surface area contributed by atoms with Crippen molar-refractivity contribution in [3.63, 3.8) is 0 Å². The van der Waals surface area contributed by atoms with Gasteiger partial charge in [0.15, 0.2) is 0 Å². The fraction of sp³-hybridized carbons (Fsp3) is 0.667. The van der Waals surface area contributed by atoms with Crippen LogP contribution in [-0.2, 0) is 14.4 Å². The van der Waals surface area contributed by atoms with Crippen molar-refractivity contribution in [1.29, 1.82) is 0 Å². The standard InChI is InChI=1S/C3H6O3.2C2H4O2S.C2H6O2/c1-2(4)3(5)6;2*3-2(4)1-5;3-1-2-4/h2,4H,1H3,(H,5,6);2*5H,1H2,(H,3,4);3-4H,1-2H2. The van der Waals surface area contributed by atoms with E-state index in [4.69, 9.17) is 30.6 Å². The number of rotatable bonds is 4. The lowest BCUT2D eigenvalue weighted by Gasteiger charge is -1.89. The van der Waals surface area contributed by atoms with Gasteiger partial charge >= 0.3 is 17.9 Å². The predicted octanol–water partition coefficient (Wildman–Crippen LogP) is -1.58. The zero-order valence-corrected chi connectivity index (χ0v) is 12.5. The highest BCUT2D eigenvalue weighted by Gasteiger charge is 2.01. The zero-order chi connectivity index (χ0) is 17.1. The molecule has 0 amide bonds. The Hall–Kier alpha value is -1.01. The van der Waals surface area contributed by atoms with E-state index in [0.717, 1.165) is 0 Å². The van der Waals surface area contributed by atoms with E-state index in [1.54, 1.807) is 0 Å². The summed E-state index contributed by atoms with van der Waals surface area (Å²) in [5.74, 6) is -3.11. The number of carboxylic acids is 3. The van der Waals surface area contributed by atoms with E-state index in [2.05, 4.69) is 25.3 Å². The Bertz CT molecular complexity index is 230. The van der Waals surface area contributed by atoms with Crippen LogP contribution in [0.3, 0.4) is 0 Å². The summed E-state index contributed by atoms with van der Waals surface area (Å²) in [5, 5.41) is 46.3. The Morgan fingerprint density at radius 3 is 1.05 bits per heavy atom. The van der Waals surface area contributed by atoms with Crippen LogP contribution in [-0.4, -0.2) is 79.4 Å². The SMILES string of the molecule is CC(O)C(=O)O.O=C(O)CS.O=C(O)CS.OCCO. The second-order valence-corrected chi connectivity index (χ2v) is 3.20. The van der Waals surface area contributed by atoms with E-state index < -0.39 is 24.0 Å². The minimum Gasteiger partial charge on any atom is -0.481 e. The normalized spacial score (nSPS) is 9.30. The first-order chi connectivity index (χ1) is 9.10. The van der Waals surface area contributed by atoms with Crippen molar-refractivity contribution in [3.05, 3.63) is 0 Å². The molecule has 0 aliphatic rings. The van der Waals surface area contributed by atoms with Crippen molar-refractivity contribution < 1.29 is 45.0 Å². The minimum absolute atomic E-state index is 0.0833. The first-order valence-corrected chi connectivity index (χ1v) is 6.14. The van der Waals surface area contributed by atoms with Crippen molar-refractivity contribution in [2.75, 3.05) is 24.7 Å². The van der Waals surface area contributed by atoms with Crippen molar-refractivity contribution in [2.45, 2.75) is 13.0 Å². The third-order valence-corrected chi connectivity index (χ3v) is 1.27. The predicted molar refractivity (Wildman–Crippen MR) is 76.5 cm³/mol. The van der Waals surface area contributed by atoms with Gasteiger partial charge in [0.05, 0.1) is 24.7 Å². The molecule has 0 aliphatic carbocycles. The number of aliphatic hydroxyl groups is 3. The fourth-order valence-corrected chi connectivity index (χ4v) is 0. The minimum atomic E-state index is -1.23. The van der Waals surface area contributed by atoms with E-state index in [1.807, 2.05) is 0 Å². The van der Waals surface area contributed by atoms with Crippen LogP contribution < -0.4 is 0 Å². The van der Waals surface area contributed by atoms with Crippen LogP contribution in [0.2, 0.25) is 0 Å². The van der Waals surface area contributed by atoms with Gasteiger partial charge in [-0.1, -0.05) is 0 Å². The lowest BCUT2D eigenvalue weighted by Crippen LogP contribution is -2.13. The number of aliphatic hydroxyl groups excluding tert-OH is 3. The second kappa shape index (κ2) is 23.1. The number of thiol groups is 2. The van der Waals surface area contributed by atoms with Crippen molar-refractivity contribution >= 4 is 43.2 Å². The molecule has 0 aromatic heterocycles. The first-order valence-electron chi connectivity index (χ1n) is 4.88. The molecule has 0 aromatic rings. The Morgan fingerprint density at radius 2 is 1.05 bits per heavy atom. The third kappa shape index (κ3) is 68.0. The van der Waals surface area contributed by atoms with Gasteiger partial charge in [-0.3, -0.25) is 9.59 Å². The van der Waals surface area contributed by atoms with E-state index in [0.29, 0.717) is 0 Å². The molecule has 1 unspecified atom stereocenters. The molecule has 6 N–H and O–H groups in total. The van der Waals surface area contributed by atoms with E-state index in [-0.39, 0.29) is 24.7 Å². The Balaban J connectivity index is -0.0000000862. The third-order valence-electron chi connectivity index (χ3n) is 0.728. The lowest BCUT2D eigenvalue weighted by molar-refractivity contribution is -0.145. The molecule has 0 saturated carbocycles. The van der Waals surface area contributed by atoms with E-state index >= 15 is 0 Å². The zero-order valence-electron chi connectivity index (χ0n) is 10.7. The van der Waals surface area contributed by atoms with Gasteiger partial charge in [-0.15, -0.1) is 0 Å². The molecule has 9 nitrogen and oxygen atoms in total. The topological polar surface area (TPSA) is 173 Å². The molecule has 0 heterocycles. The van der Waals surface area contributed by atoms with Crippen LogP contribution >= 0.6 is 25.3 Å². The van der Waals surface area contributed by atoms with Gasteiger partial charge < -0.3 is 30.6 Å². The van der Waals surface area contributed by atoms with E-state index in [1.165, 1.54) is 6.92 Å². The first kappa shape index (κ1) is 27.4. The summed E-state index contributed by atoms with van der Waals surface area (Å²) >= 11 is 6.83. The highest BCUT2D eigenvalue weighted by atomic mass is 32.1. The maximum absolute atomic E-state index is 9.45. The van der Waals surface area contributed by atoms with Crippen molar-refractivity contribution in [3.8, 4) is 0 Å². The van der Waals surface area contributed by atoms with Gasteiger partial charge in [-0.2, -0.15) is 25.3 Å². The molecule has 0 aliphatic heterocycles. The van der Waals surface area contributed by atoms with Gasteiger partial charge in [0.2, 0.25) is 0 Å². The average molecular weight is 336 g/mol. The monoisotopic (exact) mass is 336 g/mol. The average Bonchev–Trinajstić information content (AvgIpc) is 2.40. The van der Waals surface area contributed by atoms with Crippen molar-refractivity contribution in [1.82, 2.24) is 0 Å². The number of hydrogen-bond acceptors (Lipinski definition) is 8. The van der Waals surface area contributed by atoms with Crippen molar-refractivity contribution in [2.24, 2.45) is 0 Å². The molecule has 0 rings (SSSR count). The van der Waals surface area contributed by atoms with Gasteiger partial charge in [0, 0.05) is 0 Å². The summed E-state index contributed by atoms with van der Waals surface area (Å²) in [5.41, 5.74) is 0. The summed E-state index contributed by atoms with van der Waals surface area (Å²) in [4.78, 5) is 28.0. The quantitative estimate of drug-likeness (QED) is 0.282. The Labute approximate surface area is 126 Å². The van der Waals surface area contributed by atoms with Crippen LogP contribution in [0.4, 0.5) is 0 Å². The lowest BCUT2D eigenvalue weighted by atomic mass is 10.4. The van der Waals surface area contributed by atoms with Crippen LogP contribution in [0.25, 0.3) is 0 Å². The highest BCUT2D eigenvalue weighted by molar-refractivity contribution is 7.81. The fourth-order valence-electron chi connectivity index (χ4n) is 0. The summed E-state index contributed by atoms with van der Waals surface area (Å²) < 4.78 is 0. The maximum Gasteiger partial charge on any atom is 0.332 e. The summed E-state index contributed by atoms with van der Waals surface area (Å²) in [6, 6.07) is 0. The number of carbonyl (C=O) groups is 3. The highest BCUT2D eigenvalue weighted by Crippen LogP contribution is 1.73. The summed E-state index contributed by atoms with van der Waals surface area (Å²) in [6.45, 7) is 0.947. The van der Waals surface area contributed by atoms with Crippen LogP contribution in [0.15, 0.2) is 0 Å². The molecule has 11 heteroatoms. The molecule has 122 valence electrons. The maximum atomic E-state index is 9.45. The van der Waals surface area contributed by atoms with Gasteiger partial charge in [-0.25, -0.2) is 4.79 Å². The smallest absolute Gasteiger partial charge is 0.332 e. The van der Waals surface area contributed by atoms with E-state index in [9.17, 15) is 14.4 Å². The van der Waals surface area contributed by atoms with Gasteiger partial charge in [-0.05, 0) is 6.92 Å². The molecule has 0 saturated heterocycles. The molecule has 1 atom stereocenters.